The lowest BCUT2D eigenvalue weighted by Gasteiger charge is -2.09. The van der Waals surface area contributed by atoms with Crippen LogP contribution in [0.25, 0.3) is 11.3 Å². The minimum Gasteiger partial charge on any atom is -0.201 e. The fraction of sp³-hybridized carbons (Fsp3) is 0.353. The van der Waals surface area contributed by atoms with E-state index in [1.165, 1.54) is 33.5 Å². The van der Waals surface area contributed by atoms with Crippen molar-refractivity contribution in [2.24, 2.45) is 7.05 Å². The maximum Gasteiger partial charge on any atom is 0.215 e. The molecular weight excluding hydrogens is 218 g/mol. The van der Waals surface area contributed by atoms with Crippen molar-refractivity contribution in [3.63, 3.8) is 0 Å². The Morgan fingerprint density at radius 1 is 1.00 bits per heavy atom. The van der Waals surface area contributed by atoms with Crippen LogP contribution in [0.15, 0.2) is 30.5 Å². The molecule has 0 atom stereocenters. The van der Waals surface area contributed by atoms with Gasteiger partial charge in [0.2, 0.25) is 5.69 Å². The van der Waals surface area contributed by atoms with E-state index in [1.54, 1.807) is 0 Å². The van der Waals surface area contributed by atoms with Gasteiger partial charge in [-0.3, -0.25) is 0 Å². The molecule has 1 heteroatoms. The monoisotopic (exact) mass is 240 g/mol. The van der Waals surface area contributed by atoms with Crippen LogP contribution in [0.3, 0.4) is 0 Å². The maximum atomic E-state index is 2.30. The van der Waals surface area contributed by atoms with Gasteiger partial charge in [-0.2, -0.15) is 0 Å². The van der Waals surface area contributed by atoms with Gasteiger partial charge < -0.3 is 0 Å². The van der Waals surface area contributed by atoms with Gasteiger partial charge in [-0.25, -0.2) is 4.57 Å². The molecule has 1 aromatic carbocycles. The summed E-state index contributed by atoms with van der Waals surface area (Å²) in [6, 6.07) is 9.05. The fourth-order valence-electron chi connectivity index (χ4n) is 2.71. The second-order valence-electron chi connectivity index (χ2n) is 5.16. The Kier molecular flexibility index (Phi) is 3.51. The normalized spacial score (nSPS) is 10.7. The van der Waals surface area contributed by atoms with Gasteiger partial charge >= 0.3 is 0 Å². The summed E-state index contributed by atoms with van der Waals surface area (Å²) in [5.41, 5.74) is 8.07. The molecule has 0 spiro atoms. The third-order valence-corrected chi connectivity index (χ3v) is 3.52. The molecule has 0 fully saturated rings. The highest BCUT2D eigenvalue weighted by molar-refractivity contribution is 5.64. The van der Waals surface area contributed by atoms with E-state index in [-0.39, 0.29) is 0 Å². The minimum atomic E-state index is 1.10. The Hall–Kier alpha value is -1.63. The Labute approximate surface area is 110 Å². The summed E-state index contributed by atoms with van der Waals surface area (Å²) in [7, 11) is 2.13. The topological polar surface area (TPSA) is 3.88 Å². The highest BCUT2D eigenvalue weighted by atomic mass is 14.9. The number of benzene rings is 1. The Bertz CT molecular complexity index is 559. The summed E-state index contributed by atoms with van der Waals surface area (Å²) in [5, 5.41) is 0. The van der Waals surface area contributed by atoms with Crippen molar-refractivity contribution in [3.05, 3.63) is 52.7 Å². The Morgan fingerprint density at radius 2 is 1.72 bits per heavy atom. The second-order valence-corrected chi connectivity index (χ2v) is 5.16. The van der Waals surface area contributed by atoms with Crippen LogP contribution in [-0.4, -0.2) is 0 Å². The van der Waals surface area contributed by atoms with Crippen LogP contribution in [0.5, 0.6) is 0 Å². The molecular formula is C17H22N+. The van der Waals surface area contributed by atoms with Crippen LogP contribution < -0.4 is 4.57 Å². The average molecular weight is 240 g/mol. The molecule has 0 N–H and O–H groups in total. The van der Waals surface area contributed by atoms with Gasteiger partial charge in [0.25, 0.3) is 0 Å². The zero-order valence-electron chi connectivity index (χ0n) is 12.0. The van der Waals surface area contributed by atoms with E-state index in [4.69, 9.17) is 0 Å². The lowest BCUT2D eigenvalue weighted by Crippen LogP contribution is -2.32. The van der Waals surface area contributed by atoms with Crippen LogP contribution >= 0.6 is 0 Å². The fourth-order valence-corrected chi connectivity index (χ4v) is 2.71. The highest BCUT2D eigenvalue weighted by Crippen LogP contribution is 2.24. The lowest BCUT2D eigenvalue weighted by atomic mass is 9.98. The van der Waals surface area contributed by atoms with Crippen LogP contribution in [0.4, 0.5) is 0 Å². The van der Waals surface area contributed by atoms with Gasteiger partial charge in [-0.05, 0) is 50.5 Å². The first-order valence-electron chi connectivity index (χ1n) is 6.59. The molecule has 0 aliphatic heterocycles. The van der Waals surface area contributed by atoms with Crippen molar-refractivity contribution in [1.82, 2.24) is 0 Å². The second kappa shape index (κ2) is 4.93. The molecule has 0 unspecified atom stereocenters. The molecule has 0 aliphatic rings. The highest BCUT2D eigenvalue weighted by Gasteiger charge is 2.16. The molecule has 0 radical (unpaired) electrons. The number of hydrogen-bond donors (Lipinski definition) is 0. The van der Waals surface area contributed by atoms with E-state index in [0.717, 1.165) is 6.42 Å². The molecule has 2 aromatic rings. The summed E-state index contributed by atoms with van der Waals surface area (Å²) in [6.07, 6.45) is 3.29. The van der Waals surface area contributed by atoms with E-state index >= 15 is 0 Å². The molecule has 1 aromatic heterocycles. The molecule has 0 bridgehead atoms. The summed E-state index contributed by atoms with van der Waals surface area (Å²) < 4.78 is 2.23. The molecule has 18 heavy (non-hydrogen) atoms. The summed E-state index contributed by atoms with van der Waals surface area (Å²) in [6.45, 7) is 8.73. The standard InChI is InChI=1S/C17H22N/c1-6-15-7-8-16(13(3)10-15)17-14(4)9-12(2)11-18(17)5/h7-11H,6H2,1-5H3/q+1. The largest absolute Gasteiger partial charge is 0.215 e. The van der Waals surface area contributed by atoms with Crippen LogP contribution in [-0.2, 0) is 13.5 Å². The predicted octanol–water partition coefficient (Wildman–Crippen LogP) is 3.67. The first-order chi connectivity index (χ1) is 8.52. The van der Waals surface area contributed by atoms with E-state index in [1.807, 2.05) is 0 Å². The molecule has 1 heterocycles. The Morgan fingerprint density at radius 3 is 2.28 bits per heavy atom. The van der Waals surface area contributed by atoms with Crippen molar-refractivity contribution in [1.29, 1.82) is 0 Å². The first-order valence-corrected chi connectivity index (χ1v) is 6.59. The molecule has 0 amide bonds. The summed E-state index contributed by atoms with van der Waals surface area (Å²) in [4.78, 5) is 0. The van der Waals surface area contributed by atoms with Gasteiger partial charge in [0.15, 0.2) is 6.20 Å². The third-order valence-electron chi connectivity index (χ3n) is 3.52. The number of aromatic nitrogens is 1. The van der Waals surface area contributed by atoms with Gasteiger partial charge in [0.05, 0.1) is 0 Å². The van der Waals surface area contributed by atoms with Crippen LogP contribution in [0.2, 0.25) is 0 Å². The van der Waals surface area contributed by atoms with Gasteiger partial charge in [-0.15, -0.1) is 0 Å². The maximum absolute atomic E-state index is 2.30. The van der Waals surface area contributed by atoms with Crippen molar-refractivity contribution in [2.75, 3.05) is 0 Å². The molecule has 0 saturated heterocycles. The van der Waals surface area contributed by atoms with Crippen LogP contribution in [0, 0.1) is 20.8 Å². The van der Waals surface area contributed by atoms with Crippen molar-refractivity contribution >= 4 is 0 Å². The van der Waals surface area contributed by atoms with E-state index in [2.05, 4.69) is 69.8 Å². The molecule has 0 saturated carbocycles. The quantitative estimate of drug-likeness (QED) is 0.705. The number of aryl methyl sites for hydroxylation is 5. The number of rotatable bonds is 2. The smallest absolute Gasteiger partial charge is 0.201 e. The van der Waals surface area contributed by atoms with Crippen molar-refractivity contribution in [3.8, 4) is 11.3 Å². The third kappa shape index (κ3) is 2.31. The summed E-state index contributed by atoms with van der Waals surface area (Å²) in [5.74, 6) is 0. The van der Waals surface area contributed by atoms with E-state index in [0.29, 0.717) is 0 Å². The number of hydrogen-bond acceptors (Lipinski definition) is 0. The molecule has 0 aliphatic carbocycles. The van der Waals surface area contributed by atoms with Crippen molar-refractivity contribution < 1.29 is 4.57 Å². The summed E-state index contributed by atoms with van der Waals surface area (Å²) >= 11 is 0. The van der Waals surface area contributed by atoms with Crippen LogP contribution in [0.1, 0.15) is 29.2 Å². The van der Waals surface area contributed by atoms with Gasteiger partial charge in [-0.1, -0.05) is 19.1 Å². The van der Waals surface area contributed by atoms with Crippen molar-refractivity contribution in [2.45, 2.75) is 34.1 Å². The van der Waals surface area contributed by atoms with Gasteiger partial charge in [0, 0.05) is 16.7 Å². The zero-order valence-corrected chi connectivity index (χ0v) is 12.0. The Balaban J connectivity index is 2.62. The van der Waals surface area contributed by atoms with E-state index < -0.39 is 0 Å². The molecule has 2 rings (SSSR count). The molecule has 94 valence electrons. The minimum absolute atomic E-state index is 1.10. The first kappa shape index (κ1) is 12.8. The predicted molar refractivity (Wildman–Crippen MR) is 76.6 cm³/mol. The van der Waals surface area contributed by atoms with E-state index in [9.17, 15) is 0 Å². The molecule has 1 nitrogen and oxygen atoms in total. The average Bonchev–Trinajstić information content (AvgIpc) is 2.29. The number of pyridine rings is 1. The number of nitrogens with zero attached hydrogens (tertiary/aromatic N) is 1. The van der Waals surface area contributed by atoms with Gasteiger partial charge in [0.1, 0.15) is 7.05 Å². The SMILES string of the molecule is CCc1ccc(-c2c(C)cc(C)c[n+]2C)c(C)c1. The zero-order chi connectivity index (χ0) is 13.3. The lowest BCUT2D eigenvalue weighted by molar-refractivity contribution is -0.661.